The van der Waals surface area contributed by atoms with Crippen molar-refractivity contribution in [1.82, 2.24) is 0 Å². The van der Waals surface area contributed by atoms with Crippen LogP contribution in [0.25, 0.3) is 0 Å². The van der Waals surface area contributed by atoms with Gasteiger partial charge in [0, 0.05) is 12.3 Å². The van der Waals surface area contributed by atoms with Crippen molar-refractivity contribution in [2.75, 3.05) is 19.8 Å². The molecule has 0 unspecified atom stereocenters. The minimum atomic E-state index is -1.27. The number of allylic oxidation sites excluding steroid dienone is 2. The number of hydrogen-bond acceptors (Lipinski definition) is 7. The summed E-state index contributed by atoms with van der Waals surface area (Å²) in [6, 6.07) is 0. The maximum absolute atomic E-state index is 11.5. The highest BCUT2D eigenvalue weighted by atomic mass is 16.7. The first kappa shape index (κ1) is 27.3. The fourth-order valence-electron chi connectivity index (χ4n) is 6.74. The number of hydrogen-bond donors (Lipinski definition) is 3. The Balaban J connectivity index is 1.58. The van der Waals surface area contributed by atoms with Crippen LogP contribution in [-0.4, -0.2) is 65.7 Å². The van der Waals surface area contributed by atoms with E-state index in [9.17, 15) is 20.1 Å². The van der Waals surface area contributed by atoms with Crippen molar-refractivity contribution in [3.63, 3.8) is 0 Å². The number of ether oxygens (including phenoxy) is 3. The van der Waals surface area contributed by atoms with Crippen LogP contribution in [0, 0.1) is 22.7 Å². The van der Waals surface area contributed by atoms with Crippen LogP contribution in [0.5, 0.6) is 0 Å². The topological polar surface area (TPSA) is 105 Å². The Morgan fingerprint density at radius 2 is 1.94 bits per heavy atom. The number of fused-ring (bicyclic) bond motifs is 1. The molecule has 2 saturated carbocycles. The summed E-state index contributed by atoms with van der Waals surface area (Å²) >= 11 is 0. The molecular formula is C27H44O7. The molecule has 0 amide bonds. The van der Waals surface area contributed by atoms with E-state index < -0.39 is 24.6 Å². The summed E-state index contributed by atoms with van der Waals surface area (Å²) in [6.07, 6.45) is 4.89. The Morgan fingerprint density at radius 3 is 2.65 bits per heavy atom. The second kappa shape index (κ2) is 11.2. The number of esters is 1. The van der Waals surface area contributed by atoms with Gasteiger partial charge in [0.2, 0.25) is 0 Å². The van der Waals surface area contributed by atoms with Crippen molar-refractivity contribution < 1.29 is 34.3 Å². The lowest BCUT2D eigenvalue weighted by Crippen LogP contribution is -2.53. The summed E-state index contributed by atoms with van der Waals surface area (Å²) < 4.78 is 16.4. The van der Waals surface area contributed by atoms with Gasteiger partial charge in [-0.2, -0.15) is 0 Å². The summed E-state index contributed by atoms with van der Waals surface area (Å²) in [5.41, 5.74) is 2.69. The Bertz CT molecular complexity index is 764. The van der Waals surface area contributed by atoms with Gasteiger partial charge in [-0.25, -0.2) is 0 Å². The zero-order valence-electron chi connectivity index (χ0n) is 21.3. The van der Waals surface area contributed by atoms with Gasteiger partial charge < -0.3 is 29.5 Å². The Morgan fingerprint density at radius 1 is 1.21 bits per heavy atom. The molecule has 7 heteroatoms. The highest BCUT2D eigenvalue weighted by Crippen LogP contribution is 2.62. The lowest BCUT2D eigenvalue weighted by Gasteiger charge is -2.58. The van der Waals surface area contributed by atoms with Crippen LogP contribution < -0.4 is 0 Å². The summed E-state index contributed by atoms with van der Waals surface area (Å²) in [6.45, 7) is 13.4. The van der Waals surface area contributed by atoms with Crippen molar-refractivity contribution in [1.29, 1.82) is 0 Å². The predicted molar refractivity (Wildman–Crippen MR) is 129 cm³/mol. The lowest BCUT2D eigenvalue weighted by atomic mass is 9.47. The van der Waals surface area contributed by atoms with E-state index in [4.69, 9.17) is 14.2 Å². The third-order valence-corrected chi connectivity index (χ3v) is 8.72. The van der Waals surface area contributed by atoms with Gasteiger partial charge in [-0.1, -0.05) is 44.1 Å². The molecule has 0 aromatic carbocycles. The van der Waals surface area contributed by atoms with E-state index in [1.54, 1.807) is 0 Å². The minimum Gasteiger partial charge on any atom is -0.465 e. The molecule has 2 aliphatic carbocycles. The number of carbonyl (C=O) groups is 1. The van der Waals surface area contributed by atoms with Gasteiger partial charge in [-0.05, 0) is 62.7 Å². The van der Waals surface area contributed by atoms with E-state index in [1.807, 2.05) is 6.08 Å². The quantitative estimate of drug-likeness (QED) is 0.361. The van der Waals surface area contributed by atoms with Crippen LogP contribution in [0.1, 0.15) is 72.6 Å². The molecule has 0 aromatic rings. The molecule has 1 aliphatic heterocycles. The molecule has 0 bridgehead atoms. The summed E-state index contributed by atoms with van der Waals surface area (Å²) in [5.74, 6) is 0.723. The van der Waals surface area contributed by atoms with Crippen molar-refractivity contribution in [2.24, 2.45) is 22.7 Å². The van der Waals surface area contributed by atoms with Crippen molar-refractivity contribution >= 4 is 5.97 Å². The van der Waals surface area contributed by atoms with Gasteiger partial charge in [0.1, 0.15) is 18.3 Å². The molecule has 3 fully saturated rings. The van der Waals surface area contributed by atoms with Crippen molar-refractivity contribution in [3.05, 3.63) is 23.8 Å². The van der Waals surface area contributed by atoms with E-state index in [0.29, 0.717) is 18.4 Å². The van der Waals surface area contributed by atoms with E-state index >= 15 is 0 Å². The van der Waals surface area contributed by atoms with Crippen LogP contribution in [0.3, 0.4) is 0 Å². The fourth-order valence-corrected chi connectivity index (χ4v) is 6.74. The van der Waals surface area contributed by atoms with E-state index in [1.165, 1.54) is 24.5 Å². The number of rotatable bonds is 8. The molecule has 7 nitrogen and oxygen atoms in total. The molecule has 0 spiro atoms. The van der Waals surface area contributed by atoms with Crippen LogP contribution in [0.4, 0.5) is 0 Å². The zero-order valence-corrected chi connectivity index (χ0v) is 21.3. The molecular weight excluding hydrogens is 436 g/mol. The molecule has 3 aliphatic rings. The smallest absolute Gasteiger partial charge is 0.302 e. The number of carbonyl (C=O) groups excluding carboxylic acids is 1. The normalized spacial score (nSPS) is 41.1. The zero-order chi connectivity index (χ0) is 25.1. The van der Waals surface area contributed by atoms with Crippen LogP contribution in [0.15, 0.2) is 23.8 Å². The minimum absolute atomic E-state index is 0.00924. The van der Waals surface area contributed by atoms with Gasteiger partial charge in [-0.3, -0.25) is 4.79 Å². The van der Waals surface area contributed by atoms with Crippen molar-refractivity contribution in [3.8, 4) is 0 Å². The molecule has 1 saturated heterocycles. The second-order valence-corrected chi connectivity index (χ2v) is 11.3. The fraction of sp³-hybridized carbons (Fsp3) is 0.815. The van der Waals surface area contributed by atoms with Gasteiger partial charge in [-0.15, -0.1) is 0 Å². The highest BCUT2D eigenvalue weighted by molar-refractivity contribution is 5.65. The van der Waals surface area contributed by atoms with E-state index in [2.05, 4.69) is 27.4 Å². The monoisotopic (exact) mass is 480 g/mol. The van der Waals surface area contributed by atoms with Gasteiger partial charge >= 0.3 is 5.97 Å². The van der Waals surface area contributed by atoms with Crippen LogP contribution >= 0.6 is 0 Å². The van der Waals surface area contributed by atoms with Crippen LogP contribution in [0.2, 0.25) is 0 Å². The molecule has 3 rings (SSSR count). The first-order valence-corrected chi connectivity index (χ1v) is 12.7. The average molecular weight is 481 g/mol. The largest absolute Gasteiger partial charge is 0.465 e. The van der Waals surface area contributed by atoms with Crippen LogP contribution in [-0.2, 0) is 19.0 Å². The number of aliphatic hydroxyl groups is 3. The van der Waals surface area contributed by atoms with Gasteiger partial charge in [0.25, 0.3) is 0 Å². The maximum Gasteiger partial charge on any atom is 0.302 e. The Hall–Kier alpha value is -1.25. The Labute approximate surface area is 204 Å². The average Bonchev–Trinajstić information content (AvgIpc) is 2.77. The maximum atomic E-state index is 11.5. The van der Waals surface area contributed by atoms with Crippen molar-refractivity contribution in [2.45, 2.75) is 97.2 Å². The number of aliphatic hydroxyl groups excluding tert-OH is 3. The molecule has 0 aromatic heterocycles. The molecule has 1 heterocycles. The third-order valence-electron chi connectivity index (χ3n) is 8.72. The summed E-state index contributed by atoms with van der Waals surface area (Å²) in [4.78, 5) is 11.5. The first-order valence-electron chi connectivity index (χ1n) is 12.7. The Kier molecular flexibility index (Phi) is 9.01. The highest BCUT2D eigenvalue weighted by Gasteiger charge is 2.54. The third kappa shape index (κ3) is 5.93. The molecule has 34 heavy (non-hydrogen) atoms. The molecule has 0 radical (unpaired) electrons. The lowest BCUT2D eigenvalue weighted by molar-refractivity contribution is -0.266. The van der Waals surface area contributed by atoms with E-state index in [0.717, 1.165) is 38.5 Å². The van der Waals surface area contributed by atoms with Gasteiger partial charge in [0.05, 0.1) is 19.8 Å². The first-order chi connectivity index (χ1) is 16.0. The summed E-state index contributed by atoms with van der Waals surface area (Å²) in [5, 5.41) is 29.3. The summed E-state index contributed by atoms with van der Waals surface area (Å²) in [7, 11) is 0. The molecule has 3 N–H and O–H groups in total. The second-order valence-electron chi connectivity index (χ2n) is 11.3. The van der Waals surface area contributed by atoms with E-state index in [-0.39, 0.29) is 30.0 Å². The molecule has 194 valence electrons. The SMILES string of the molecule is C=C1CC[C@H]2[C@@](C)(COC(C)=O)CCC[C@]2(C)[C@H]1CC/C(C)=C/CO[C@@H]1OC[C@@H](O)[C@H](O)[C@H]1O. The standard InChI is InChI=1S/C27H44O7/c1-17(11-14-32-25-24(31)23(30)21(29)15-33-25)7-9-20-18(2)8-10-22-26(4,16-34-19(3)28)12-6-13-27(20,22)5/h11,20-25,29-31H,2,6-10,12-16H2,1,3-5H3/b17-11+/t20-,21+,22-,23-,24+,25+,26+,27+/m0/s1. The molecule has 8 atom stereocenters. The van der Waals surface area contributed by atoms with Gasteiger partial charge in [0.15, 0.2) is 6.29 Å². The predicted octanol–water partition coefficient (Wildman–Crippen LogP) is 3.51.